The van der Waals surface area contributed by atoms with E-state index in [-0.39, 0.29) is 0 Å². The number of aliphatic hydroxyl groups is 1. The second-order valence-electron chi connectivity index (χ2n) is 4.30. The van der Waals surface area contributed by atoms with Crippen LogP contribution in [0.4, 0.5) is 0 Å². The van der Waals surface area contributed by atoms with Crippen molar-refractivity contribution in [3.63, 3.8) is 0 Å². The third kappa shape index (κ3) is 2.17. The molecule has 4 heteroatoms. The number of hydrogen-bond donors (Lipinski definition) is 1. The average Bonchev–Trinajstić information content (AvgIpc) is 2.87. The molecule has 0 saturated heterocycles. The summed E-state index contributed by atoms with van der Waals surface area (Å²) in [7, 11) is 0. The highest BCUT2D eigenvalue weighted by Gasteiger charge is 2.20. The molecule has 0 fully saturated rings. The fourth-order valence-corrected chi connectivity index (χ4v) is 2.18. The van der Waals surface area contributed by atoms with Crippen LogP contribution in [-0.4, -0.2) is 17.7 Å². The van der Waals surface area contributed by atoms with Crippen LogP contribution in [0.25, 0.3) is 22.3 Å². The summed E-state index contributed by atoms with van der Waals surface area (Å²) >= 11 is 0. The smallest absolute Gasteiger partial charge is 0.337 e. The maximum atomic E-state index is 11.3. The van der Waals surface area contributed by atoms with Gasteiger partial charge in [0.2, 0.25) is 0 Å². The van der Waals surface area contributed by atoms with Crippen LogP contribution in [0.1, 0.15) is 0 Å². The van der Waals surface area contributed by atoms with Gasteiger partial charge in [-0.2, -0.15) is 0 Å². The minimum atomic E-state index is -0.694. The third-order valence-electron chi connectivity index (χ3n) is 3.06. The molecule has 100 valence electrons. The van der Waals surface area contributed by atoms with Crippen molar-refractivity contribution in [2.45, 2.75) is 0 Å². The minimum absolute atomic E-state index is 0.391. The normalized spacial score (nSPS) is 10.7. The highest BCUT2D eigenvalue weighted by molar-refractivity contribution is 5.92. The predicted octanol–water partition coefficient (Wildman–Crippen LogP) is 2.95. The van der Waals surface area contributed by atoms with E-state index in [1.807, 2.05) is 36.4 Å². The first kappa shape index (κ1) is 12.4. The highest BCUT2D eigenvalue weighted by Crippen LogP contribution is 2.43. The molecule has 0 amide bonds. The van der Waals surface area contributed by atoms with Gasteiger partial charge in [-0.1, -0.05) is 30.3 Å². The second kappa shape index (κ2) is 5.19. The summed E-state index contributed by atoms with van der Waals surface area (Å²) in [5.74, 6) is -0.303. The lowest BCUT2D eigenvalue weighted by atomic mass is 10.0. The summed E-state index contributed by atoms with van der Waals surface area (Å²) in [5.41, 5.74) is 3.61. The average molecular weight is 268 g/mol. The number of rotatable bonds is 3. The van der Waals surface area contributed by atoms with Crippen LogP contribution >= 0.6 is 0 Å². The van der Waals surface area contributed by atoms with Gasteiger partial charge in [-0.25, -0.2) is 4.79 Å². The molecule has 1 aromatic carbocycles. The lowest BCUT2D eigenvalue weighted by Gasteiger charge is -2.04. The van der Waals surface area contributed by atoms with Gasteiger partial charge in [0.05, 0.1) is 11.8 Å². The Balaban J connectivity index is 2.12. The monoisotopic (exact) mass is 268 g/mol. The number of fused-ring (bicyclic) bond motifs is 1. The number of hydrogen-bond acceptors (Lipinski definition) is 4. The molecule has 1 aromatic rings. The largest absolute Gasteiger partial charge is 0.472 e. The first-order valence-electron chi connectivity index (χ1n) is 6.15. The van der Waals surface area contributed by atoms with Gasteiger partial charge >= 0.3 is 5.97 Å². The van der Waals surface area contributed by atoms with Crippen molar-refractivity contribution in [2.24, 2.45) is 0 Å². The molecule has 0 atom stereocenters. The molecule has 2 aliphatic rings. The predicted molar refractivity (Wildman–Crippen MR) is 73.5 cm³/mol. The van der Waals surface area contributed by atoms with Gasteiger partial charge in [0.15, 0.2) is 0 Å². The van der Waals surface area contributed by atoms with Crippen molar-refractivity contribution in [1.82, 2.24) is 0 Å². The van der Waals surface area contributed by atoms with Gasteiger partial charge in [-0.05, 0) is 28.8 Å². The van der Waals surface area contributed by atoms with Crippen LogP contribution in [0.2, 0.25) is 0 Å². The van der Waals surface area contributed by atoms with Crippen molar-refractivity contribution >= 4 is 5.97 Å². The number of carbonyl (C=O) groups excluding carboxylic acids is 1. The minimum Gasteiger partial charge on any atom is -0.472 e. The van der Waals surface area contributed by atoms with E-state index in [0.717, 1.165) is 16.7 Å². The molecule has 0 aromatic heterocycles. The molecule has 0 saturated carbocycles. The number of benzene rings is 1. The number of carbonyl (C=O) groups is 1. The van der Waals surface area contributed by atoms with Crippen LogP contribution < -0.4 is 4.74 Å². The third-order valence-corrected chi connectivity index (χ3v) is 3.06. The van der Waals surface area contributed by atoms with Crippen molar-refractivity contribution in [1.29, 1.82) is 0 Å². The van der Waals surface area contributed by atoms with Crippen LogP contribution in [0.5, 0.6) is 5.75 Å². The van der Waals surface area contributed by atoms with E-state index in [1.165, 1.54) is 6.26 Å². The summed E-state index contributed by atoms with van der Waals surface area (Å²) in [5, 5.41) is 8.79. The Morgan fingerprint density at radius 3 is 2.65 bits per heavy atom. The quantitative estimate of drug-likeness (QED) is 0.742. The van der Waals surface area contributed by atoms with Crippen LogP contribution in [0.3, 0.4) is 0 Å². The molecule has 0 spiro atoms. The van der Waals surface area contributed by atoms with Crippen LogP contribution in [0.15, 0.2) is 59.4 Å². The fourth-order valence-electron chi connectivity index (χ4n) is 2.18. The second-order valence-corrected chi connectivity index (χ2v) is 4.30. The van der Waals surface area contributed by atoms with E-state index in [4.69, 9.17) is 14.3 Å². The molecule has 0 bridgehead atoms. The summed E-state index contributed by atoms with van der Waals surface area (Å²) in [6, 6.07) is 13.4. The number of esters is 1. The van der Waals surface area contributed by atoms with Crippen molar-refractivity contribution < 1.29 is 19.1 Å². The zero-order chi connectivity index (χ0) is 13.9. The van der Waals surface area contributed by atoms with E-state index >= 15 is 0 Å². The molecule has 1 aliphatic heterocycles. The lowest BCUT2D eigenvalue weighted by Crippen LogP contribution is -2.11. The summed E-state index contributed by atoms with van der Waals surface area (Å²) in [6.07, 6.45) is 3.11. The first-order valence-corrected chi connectivity index (χ1v) is 6.15. The van der Waals surface area contributed by atoms with Crippen molar-refractivity contribution in [3.05, 3.63) is 55.0 Å². The zero-order valence-corrected chi connectivity index (χ0v) is 10.6. The Labute approximate surface area is 115 Å². The molecular weight excluding hydrogens is 256 g/mol. The maximum absolute atomic E-state index is 11.3. The first-order chi connectivity index (χ1) is 9.79. The van der Waals surface area contributed by atoms with E-state index in [0.29, 0.717) is 11.3 Å². The van der Waals surface area contributed by atoms with Gasteiger partial charge in [-0.15, -0.1) is 0 Å². The molecule has 1 heterocycles. The molecule has 20 heavy (non-hydrogen) atoms. The topological polar surface area (TPSA) is 59.7 Å². The Kier molecular flexibility index (Phi) is 3.23. The Hall–Kier alpha value is -2.59. The van der Waals surface area contributed by atoms with Gasteiger partial charge in [0.1, 0.15) is 18.6 Å². The summed E-state index contributed by atoms with van der Waals surface area (Å²) < 4.78 is 10.3. The molecule has 3 rings (SSSR count). The Morgan fingerprint density at radius 1 is 1.10 bits per heavy atom. The number of ether oxygens (including phenoxy) is 1. The highest BCUT2D eigenvalue weighted by atomic mass is 16.5. The SMILES string of the molecule is O=C(CO)Oc1cc(-c2ccccc2)c2ccocc1-2. The standard InChI is InChI=1S/C16H12O4/c17-9-16(18)20-15-8-13(11-4-2-1-3-5-11)12-6-7-19-10-14(12)15/h1-8,10,17H,9H2. The van der Waals surface area contributed by atoms with Gasteiger partial charge in [-0.3, -0.25) is 0 Å². The van der Waals surface area contributed by atoms with Gasteiger partial charge in [0, 0.05) is 0 Å². The van der Waals surface area contributed by atoms with Crippen molar-refractivity contribution in [2.75, 3.05) is 6.61 Å². The molecule has 4 nitrogen and oxygen atoms in total. The summed E-state index contributed by atoms with van der Waals surface area (Å²) in [4.78, 5) is 11.3. The van der Waals surface area contributed by atoms with E-state index in [9.17, 15) is 4.79 Å². The van der Waals surface area contributed by atoms with Crippen molar-refractivity contribution in [3.8, 4) is 28.0 Å². The molecule has 0 radical (unpaired) electrons. The molecule has 1 aliphatic carbocycles. The Morgan fingerprint density at radius 2 is 1.90 bits per heavy atom. The van der Waals surface area contributed by atoms with Crippen LogP contribution in [-0.2, 0) is 4.79 Å². The van der Waals surface area contributed by atoms with E-state index in [2.05, 4.69) is 0 Å². The molecular formula is C16H12O4. The van der Waals surface area contributed by atoms with Gasteiger partial charge in [0.25, 0.3) is 0 Å². The maximum Gasteiger partial charge on any atom is 0.337 e. The fraction of sp³-hybridized carbons (Fsp3) is 0.0625. The van der Waals surface area contributed by atoms with E-state index < -0.39 is 12.6 Å². The molecule has 0 unspecified atom stereocenters. The zero-order valence-electron chi connectivity index (χ0n) is 10.6. The Bertz CT molecular complexity index is 700. The number of aliphatic hydroxyl groups excluding tert-OH is 1. The van der Waals surface area contributed by atoms with Gasteiger partial charge < -0.3 is 14.3 Å². The molecule has 1 N–H and O–H groups in total. The lowest BCUT2D eigenvalue weighted by molar-refractivity contribution is -0.137. The van der Waals surface area contributed by atoms with E-state index in [1.54, 1.807) is 12.3 Å². The summed E-state index contributed by atoms with van der Waals surface area (Å²) in [6.45, 7) is -0.655. The van der Waals surface area contributed by atoms with Crippen LogP contribution in [0, 0.1) is 0 Å².